The van der Waals surface area contributed by atoms with E-state index in [-0.39, 0.29) is 24.2 Å². The molecule has 0 aromatic heterocycles. The summed E-state index contributed by atoms with van der Waals surface area (Å²) in [5, 5.41) is 27.8. The van der Waals surface area contributed by atoms with E-state index < -0.39 is 23.8 Å². The Hall–Kier alpha value is -1.59. The maximum absolute atomic E-state index is 11.6. The molecule has 3 atom stereocenters. The highest BCUT2D eigenvalue weighted by molar-refractivity contribution is 5.73. The number of aliphatic carboxylic acids is 3. The van der Waals surface area contributed by atoms with E-state index in [2.05, 4.69) is 0 Å². The maximum Gasteiger partial charge on any atom is 0.306 e. The van der Waals surface area contributed by atoms with E-state index in [0.29, 0.717) is 32.1 Å². The summed E-state index contributed by atoms with van der Waals surface area (Å²) < 4.78 is 0. The van der Waals surface area contributed by atoms with Gasteiger partial charge >= 0.3 is 17.9 Å². The zero-order valence-corrected chi connectivity index (χ0v) is 16.4. The van der Waals surface area contributed by atoms with Crippen LogP contribution in [-0.4, -0.2) is 33.2 Å². The fourth-order valence-electron chi connectivity index (χ4n) is 3.55. The zero-order chi connectivity index (χ0) is 20.1. The molecule has 3 N–H and O–H groups in total. The van der Waals surface area contributed by atoms with Crippen LogP contribution in [0.4, 0.5) is 0 Å². The first-order chi connectivity index (χ1) is 12.2. The van der Waals surface area contributed by atoms with Crippen molar-refractivity contribution in [1.29, 1.82) is 0 Å². The first-order valence-electron chi connectivity index (χ1n) is 9.86. The Morgan fingerprint density at radius 2 is 1.38 bits per heavy atom. The number of unbranched alkanes of at least 4 members (excludes halogenated alkanes) is 3. The van der Waals surface area contributed by atoms with Gasteiger partial charge in [0.05, 0.1) is 11.8 Å². The summed E-state index contributed by atoms with van der Waals surface area (Å²) in [7, 11) is 0. The molecule has 152 valence electrons. The van der Waals surface area contributed by atoms with E-state index >= 15 is 0 Å². The molecule has 0 saturated heterocycles. The predicted octanol–water partition coefficient (Wildman–Crippen LogP) is 4.67. The van der Waals surface area contributed by atoms with Gasteiger partial charge in [-0.15, -0.1) is 0 Å². The quantitative estimate of drug-likeness (QED) is 0.340. The molecule has 0 spiro atoms. The van der Waals surface area contributed by atoms with Gasteiger partial charge in [0.2, 0.25) is 0 Å². The molecule has 0 rings (SSSR count). The average Bonchev–Trinajstić information content (AvgIpc) is 2.51. The van der Waals surface area contributed by atoms with Gasteiger partial charge in [-0.2, -0.15) is 0 Å². The molecule has 0 saturated carbocycles. The normalized spacial score (nSPS) is 14.8. The van der Waals surface area contributed by atoms with Crippen molar-refractivity contribution in [2.45, 2.75) is 85.0 Å². The second-order valence-electron chi connectivity index (χ2n) is 7.75. The largest absolute Gasteiger partial charge is 0.481 e. The maximum atomic E-state index is 11.6. The second kappa shape index (κ2) is 13.6. The number of rotatable bonds is 16. The SMILES string of the molecule is CCCCC(CCCCCC(C(=O)O)C(CC(=O)O)CC(C)C)C(=O)O. The Labute approximate surface area is 157 Å². The average molecular weight is 373 g/mol. The molecule has 0 fully saturated rings. The predicted molar refractivity (Wildman–Crippen MR) is 100 cm³/mol. The summed E-state index contributed by atoms with van der Waals surface area (Å²) in [5.74, 6) is -3.71. The molecule has 6 heteroatoms. The Kier molecular flexibility index (Phi) is 12.8. The molecule has 0 radical (unpaired) electrons. The summed E-state index contributed by atoms with van der Waals surface area (Å²) in [6.07, 6.45) is 6.35. The first-order valence-corrected chi connectivity index (χ1v) is 9.86. The van der Waals surface area contributed by atoms with E-state index in [1.54, 1.807) is 0 Å². The van der Waals surface area contributed by atoms with Gasteiger partial charge in [0, 0.05) is 6.42 Å². The smallest absolute Gasteiger partial charge is 0.306 e. The summed E-state index contributed by atoms with van der Waals surface area (Å²) >= 11 is 0. The number of hydrogen-bond donors (Lipinski definition) is 3. The van der Waals surface area contributed by atoms with Crippen molar-refractivity contribution in [3.05, 3.63) is 0 Å². The van der Waals surface area contributed by atoms with Crippen LogP contribution >= 0.6 is 0 Å². The monoisotopic (exact) mass is 372 g/mol. The van der Waals surface area contributed by atoms with E-state index in [9.17, 15) is 24.6 Å². The molecular weight excluding hydrogens is 336 g/mol. The lowest BCUT2D eigenvalue weighted by molar-refractivity contribution is -0.146. The van der Waals surface area contributed by atoms with Crippen LogP contribution in [0.25, 0.3) is 0 Å². The van der Waals surface area contributed by atoms with Gasteiger partial charge in [-0.05, 0) is 37.5 Å². The summed E-state index contributed by atoms with van der Waals surface area (Å²) in [6.45, 7) is 5.97. The molecule has 26 heavy (non-hydrogen) atoms. The van der Waals surface area contributed by atoms with E-state index in [1.165, 1.54) is 0 Å². The lowest BCUT2D eigenvalue weighted by Gasteiger charge is -2.24. The minimum absolute atomic E-state index is 0.118. The van der Waals surface area contributed by atoms with E-state index in [4.69, 9.17) is 5.11 Å². The van der Waals surface area contributed by atoms with Crippen LogP contribution in [0.15, 0.2) is 0 Å². The molecule has 0 aromatic carbocycles. The molecular formula is C20H36O6. The lowest BCUT2D eigenvalue weighted by atomic mass is 9.80. The highest BCUT2D eigenvalue weighted by atomic mass is 16.4. The molecule has 0 aromatic rings. The van der Waals surface area contributed by atoms with E-state index in [0.717, 1.165) is 25.7 Å². The van der Waals surface area contributed by atoms with E-state index in [1.807, 2.05) is 20.8 Å². The van der Waals surface area contributed by atoms with Gasteiger partial charge < -0.3 is 15.3 Å². The van der Waals surface area contributed by atoms with Crippen molar-refractivity contribution in [1.82, 2.24) is 0 Å². The van der Waals surface area contributed by atoms with Crippen LogP contribution < -0.4 is 0 Å². The van der Waals surface area contributed by atoms with Crippen molar-refractivity contribution in [3.63, 3.8) is 0 Å². The first kappa shape index (κ1) is 24.4. The zero-order valence-electron chi connectivity index (χ0n) is 16.4. The topological polar surface area (TPSA) is 112 Å². The minimum Gasteiger partial charge on any atom is -0.481 e. The van der Waals surface area contributed by atoms with Crippen LogP contribution in [-0.2, 0) is 14.4 Å². The molecule has 0 amide bonds. The summed E-state index contributed by atoms with van der Waals surface area (Å²) in [5.41, 5.74) is 0. The Bertz CT molecular complexity index is 432. The van der Waals surface area contributed by atoms with Gasteiger partial charge in [0.1, 0.15) is 0 Å². The summed E-state index contributed by atoms with van der Waals surface area (Å²) in [6, 6.07) is 0. The molecule has 6 nitrogen and oxygen atoms in total. The van der Waals surface area contributed by atoms with Gasteiger partial charge in [-0.25, -0.2) is 0 Å². The van der Waals surface area contributed by atoms with Crippen molar-refractivity contribution in [2.75, 3.05) is 0 Å². The Balaban J connectivity index is 4.48. The lowest BCUT2D eigenvalue weighted by Crippen LogP contribution is -2.27. The van der Waals surface area contributed by atoms with Crippen molar-refractivity contribution < 1.29 is 29.7 Å². The van der Waals surface area contributed by atoms with Gasteiger partial charge in [0.25, 0.3) is 0 Å². The summed E-state index contributed by atoms with van der Waals surface area (Å²) in [4.78, 5) is 33.9. The van der Waals surface area contributed by atoms with Crippen molar-refractivity contribution in [3.8, 4) is 0 Å². The number of carboxylic acid groups (broad SMARTS) is 3. The van der Waals surface area contributed by atoms with Crippen LogP contribution in [0.2, 0.25) is 0 Å². The number of carboxylic acids is 3. The highest BCUT2D eigenvalue weighted by Crippen LogP contribution is 2.29. The van der Waals surface area contributed by atoms with Crippen molar-refractivity contribution in [2.24, 2.45) is 23.7 Å². The van der Waals surface area contributed by atoms with Crippen LogP contribution in [0.3, 0.4) is 0 Å². The van der Waals surface area contributed by atoms with Gasteiger partial charge in [0.15, 0.2) is 0 Å². The van der Waals surface area contributed by atoms with Crippen LogP contribution in [0.5, 0.6) is 0 Å². The number of carbonyl (C=O) groups is 3. The fourth-order valence-corrected chi connectivity index (χ4v) is 3.55. The number of hydrogen-bond acceptors (Lipinski definition) is 3. The fraction of sp³-hybridized carbons (Fsp3) is 0.850. The highest BCUT2D eigenvalue weighted by Gasteiger charge is 2.30. The molecule has 0 aliphatic rings. The molecule has 0 heterocycles. The van der Waals surface area contributed by atoms with Gasteiger partial charge in [-0.3, -0.25) is 14.4 Å². The Morgan fingerprint density at radius 1 is 0.808 bits per heavy atom. The third kappa shape index (κ3) is 11.1. The molecule has 0 aliphatic carbocycles. The second-order valence-corrected chi connectivity index (χ2v) is 7.75. The van der Waals surface area contributed by atoms with Crippen LogP contribution in [0.1, 0.15) is 85.0 Å². The minimum atomic E-state index is -0.956. The van der Waals surface area contributed by atoms with Crippen LogP contribution in [0, 0.1) is 23.7 Å². The third-order valence-corrected chi connectivity index (χ3v) is 4.92. The van der Waals surface area contributed by atoms with Gasteiger partial charge in [-0.1, -0.05) is 52.9 Å². The standard InChI is InChI=1S/C20H36O6/c1-4-5-9-15(19(23)24)10-7-6-8-11-17(20(25)26)16(12-14(2)3)13-18(21)22/h14-17H,4-13H2,1-3H3,(H,21,22)(H,23,24)(H,25,26). The third-order valence-electron chi connectivity index (χ3n) is 4.92. The Morgan fingerprint density at radius 3 is 1.85 bits per heavy atom. The molecule has 0 aliphatic heterocycles. The molecule has 3 unspecified atom stereocenters. The van der Waals surface area contributed by atoms with Crippen molar-refractivity contribution >= 4 is 17.9 Å². The molecule has 0 bridgehead atoms.